The van der Waals surface area contributed by atoms with E-state index in [1.54, 1.807) is 0 Å². The van der Waals surface area contributed by atoms with E-state index in [9.17, 15) is 4.79 Å². The minimum absolute atomic E-state index is 0. The van der Waals surface area contributed by atoms with E-state index < -0.39 is 0 Å². The Bertz CT molecular complexity index is 806. The topological polar surface area (TPSA) is 26.8 Å². The van der Waals surface area contributed by atoms with E-state index in [4.69, 9.17) is 11.6 Å². The number of hydrogen-bond acceptors (Lipinski definition) is 3. The van der Waals surface area contributed by atoms with Gasteiger partial charge >= 0.3 is 0 Å². The van der Waals surface area contributed by atoms with Gasteiger partial charge in [-0.25, -0.2) is 0 Å². The molecule has 144 valence electrons. The maximum Gasteiger partial charge on any atom is 0.241 e. The van der Waals surface area contributed by atoms with Crippen LogP contribution in [-0.4, -0.2) is 49.6 Å². The Balaban J connectivity index is 0.00000210. The van der Waals surface area contributed by atoms with Gasteiger partial charge in [0, 0.05) is 48.6 Å². The molecule has 1 atom stereocenters. The first-order chi connectivity index (χ1) is 12.6. The molecule has 2 aliphatic heterocycles. The number of hydrogen-bond donors (Lipinski definition) is 0. The Morgan fingerprint density at radius 2 is 1.81 bits per heavy atom. The summed E-state index contributed by atoms with van der Waals surface area (Å²) < 4.78 is 0. The Labute approximate surface area is 172 Å². The number of carbonyl (C=O) groups excluding carboxylic acids is 1. The van der Waals surface area contributed by atoms with Crippen LogP contribution in [0.3, 0.4) is 0 Å². The van der Waals surface area contributed by atoms with Crippen LogP contribution in [0.1, 0.15) is 12.5 Å². The standard InChI is InChI=1S/C21H24ClN3O.ClH/c1-16-13-17-5-2-3-8-20(17)25(16)21(26)15-23-9-11-24(12-10-23)19-7-4-6-18(22)14-19;/h2-8,14,16H,9-13,15H2,1H3;1H. The van der Waals surface area contributed by atoms with E-state index in [0.29, 0.717) is 6.54 Å². The first-order valence-corrected chi connectivity index (χ1v) is 9.62. The Hall–Kier alpha value is -1.75. The number of rotatable bonds is 3. The molecule has 0 spiro atoms. The average molecular weight is 406 g/mol. The van der Waals surface area contributed by atoms with E-state index in [2.05, 4.69) is 41.0 Å². The summed E-state index contributed by atoms with van der Waals surface area (Å²) >= 11 is 6.10. The Kier molecular flexibility index (Phi) is 6.30. The van der Waals surface area contributed by atoms with Crippen molar-refractivity contribution < 1.29 is 4.79 Å². The van der Waals surface area contributed by atoms with Crippen LogP contribution < -0.4 is 9.80 Å². The average Bonchev–Trinajstić information content (AvgIpc) is 2.98. The first-order valence-electron chi connectivity index (χ1n) is 9.24. The number of amides is 1. The highest BCUT2D eigenvalue weighted by Gasteiger charge is 2.31. The summed E-state index contributed by atoms with van der Waals surface area (Å²) in [6.45, 7) is 6.24. The third kappa shape index (κ3) is 4.23. The molecule has 4 nitrogen and oxygen atoms in total. The van der Waals surface area contributed by atoms with Crippen molar-refractivity contribution in [2.45, 2.75) is 19.4 Å². The second kappa shape index (κ2) is 8.51. The summed E-state index contributed by atoms with van der Waals surface area (Å²) in [5.41, 5.74) is 3.52. The lowest BCUT2D eigenvalue weighted by Crippen LogP contribution is -2.51. The molecule has 6 heteroatoms. The molecule has 0 saturated carbocycles. The maximum absolute atomic E-state index is 12.9. The number of carbonyl (C=O) groups is 1. The van der Waals surface area contributed by atoms with Crippen LogP contribution in [0.2, 0.25) is 5.02 Å². The quantitative estimate of drug-likeness (QED) is 0.775. The summed E-state index contributed by atoms with van der Waals surface area (Å²) in [4.78, 5) is 19.5. The second-order valence-corrected chi connectivity index (χ2v) is 7.63. The van der Waals surface area contributed by atoms with E-state index >= 15 is 0 Å². The summed E-state index contributed by atoms with van der Waals surface area (Å²) in [5, 5.41) is 0.766. The van der Waals surface area contributed by atoms with Crippen LogP contribution in [0.4, 0.5) is 11.4 Å². The molecule has 2 aromatic rings. The van der Waals surface area contributed by atoms with E-state index in [1.807, 2.05) is 29.2 Å². The fourth-order valence-corrected chi connectivity index (χ4v) is 4.23. The second-order valence-electron chi connectivity index (χ2n) is 7.19. The molecule has 0 N–H and O–H groups in total. The molecule has 1 unspecified atom stereocenters. The van der Waals surface area contributed by atoms with Gasteiger partial charge in [0.2, 0.25) is 5.91 Å². The van der Waals surface area contributed by atoms with E-state index in [0.717, 1.165) is 49.0 Å². The van der Waals surface area contributed by atoms with Crippen LogP contribution in [-0.2, 0) is 11.2 Å². The molecule has 0 aromatic heterocycles. The zero-order chi connectivity index (χ0) is 18.1. The SMILES string of the molecule is CC1Cc2ccccc2N1C(=O)CN1CCN(c2cccc(Cl)c2)CC1.Cl. The number of benzene rings is 2. The van der Waals surface area contributed by atoms with Crippen molar-refractivity contribution in [3.05, 3.63) is 59.1 Å². The summed E-state index contributed by atoms with van der Waals surface area (Å²) in [6.07, 6.45) is 0.949. The van der Waals surface area contributed by atoms with Gasteiger partial charge in [0.15, 0.2) is 0 Å². The highest BCUT2D eigenvalue weighted by atomic mass is 35.5. The highest BCUT2D eigenvalue weighted by molar-refractivity contribution is 6.30. The monoisotopic (exact) mass is 405 g/mol. The predicted octanol–water partition coefficient (Wildman–Crippen LogP) is 3.86. The van der Waals surface area contributed by atoms with Crippen molar-refractivity contribution >= 4 is 41.3 Å². The zero-order valence-corrected chi connectivity index (χ0v) is 17.0. The van der Waals surface area contributed by atoms with Crippen LogP contribution >= 0.6 is 24.0 Å². The summed E-state index contributed by atoms with van der Waals surface area (Å²) in [5.74, 6) is 0.207. The Morgan fingerprint density at radius 3 is 2.56 bits per heavy atom. The molecule has 0 radical (unpaired) electrons. The molecule has 0 aliphatic carbocycles. The lowest BCUT2D eigenvalue weighted by atomic mass is 10.1. The lowest BCUT2D eigenvalue weighted by molar-refractivity contribution is -0.120. The van der Waals surface area contributed by atoms with Crippen LogP contribution in [0.5, 0.6) is 0 Å². The number of anilines is 2. The number of halogens is 2. The smallest absolute Gasteiger partial charge is 0.241 e. The van der Waals surface area contributed by atoms with Gasteiger partial charge in [-0.1, -0.05) is 35.9 Å². The number of para-hydroxylation sites is 1. The molecule has 2 aliphatic rings. The number of fused-ring (bicyclic) bond motifs is 1. The highest BCUT2D eigenvalue weighted by Crippen LogP contribution is 2.32. The van der Waals surface area contributed by atoms with Gasteiger partial charge in [-0.2, -0.15) is 0 Å². The van der Waals surface area contributed by atoms with Crippen LogP contribution in [0.15, 0.2) is 48.5 Å². The molecular formula is C21H25Cl2N3O. The zero-order valence-electron chi connectivity index (χ0n) is 15.5. The Morgan fingerprint density at radius 1 is 1.07 bits per heavy atom. The van der Waals surface area contributed by atoms with Gasteiger partial charge in [0.1, 0.15) is 0 Å². The van der Waals surface area contributed by atoms with Crippen molar-refractivity contribution in [3.63, 3.8) is 0 Å². The summed E-state index contributed by atoms with van der Waals surface area (Å²) in [6, 6.07) is 16.5. The molecule has 2 heterocycles. The van der Waals surface area contributed by atoms with E-state index in [1.165, 1.54) is 5.56 Å². The van der Waals surface area contributed by atoms with Gasteiger partial charge in [-0.05, 0) is 43.2 Å². The first kappa shape index (κ1) is 20.0. The van der Waals surface area contributed by atoms with Gasteiger partial charge in [0.25, 0.3) is 0 Å². The number of piperazine rings is 1. The molecule has 2 aromatic carbocycles. The lowest BCUT2D eigenvalue weighted by Gasteiger charge is -2.36. The van der Waals surface area contributed by atoms with Gasteiger partial charge < -0.3 is 9.80 Å². The largest absolute Gasteiger partial charge is 0.369 e. The molecule has 1 saturated heterocycles. The van der Waals surface area contributed by atoms with Crippen molar-refractivity contribution in [1.82, 2.24) is 4.90 Å². The van der Waals surface area contributed by atoms with Crippen LogP contribution in [0, 0.1) is 0 Å². The van der Waals surface area contributed by atoms with Crippen molar-refractivity contribution in [2.75, 3.05) is 42.5 Å². The van der Waals surface area contributed by atoms with Gasteiger partial charge in [-0.3, -0.25) is 9.69 Å². The minimum atomic E-state index is 0. The van der Waals surface area contributed by atoms with E-state index in [-0.39, 0.29) is 24.4 Å². The molecule has 0 bridgehead atoms. The van der Waals surface area contributed by atoms with Crippen molar-refractivity contribution in [3.8, 4) is 0 Å². The van der Waals surface area contributed by atoms with Gasteiger partial charge in [0.05, 0.1) is 6.54 Å². The summed E-state index contributed by atoms with van der Waals surface area (Å²) in [7, 11) is 0. The molecule has 1 amide bonds. The number of nitrogens with zero attached hydrogens (tertiary/aromatic N) is 3. The fourth-order valence-electron chi connectivity index (χ4n) is 4.05. The fraction of sp³-hybridized carbons (Fsp3) is 0.381. The van der Waals surface area contributed by atoms with Crippen molar-refractivity contribution in [1.29, 1.82) is 0 Å². The molecule has 4 rings (SSSR count). The third-order valence-electron chi connectivity index (χ3n) is 5.38. The predicted molar refractivity (Wildman–Crippen MR) is 114 cm³/mol. The molecule has 27 heavy (non-hydrogen) atoms. The maximum atomic E-state index is 12.9. The van der Waals surface area contributed by atoms with Gasteiger partial charge in [-0.15, -0.1) is 12.4 Å². The van der Waals surface area contributed by atoms with Crippen molar-refractivity contribution in [2.24, 2.45) is 0 Å². The molecular weight excluding hydrogens is 381 g/mol. The molecule has 1 fully saturated rings. The minimum Gasteiger partial charge on any atom is -0.369 e. The van der Waals surface area contributed by atoms with Crippen LogP contribution in [0.25, 0.3) is 0 Å². The third-order valence-corrected chi connectivity index (χ3v) is 5.62. The normalized spacial score (nSPS) is 19.6.